The van der Waals surface area contributed by atoms with Gasteiger partial charge >= 0.3 is 6.03 Å². The monoisotopic (exact) mass is 318 g/mol. The molecule has 0 atom stereocenters. The molecule has 0 radical (unpaired) electrons. The van der Waals surface area contributed by atoms with Crippen LogP contribution in [0.2, 0.25) is 0 Å². The van der Waals surface area contributed by atoms with Crippen LogP contribution in [0.1, 0.15) is 26.7 Å². The molecule has 1 aromatic carbocycles. The first-order valence-corrected chi connectivity index (χ1v) is 8.24. The number of unbranched alkanes of at least 4 members (excludes halogenated alkanes) is 1. The van der Waals surface area contributed by atoms with Crippen molar-refractivity contribution in [3.63, 3.8) is 0 Å². The highest BCUT2D eigenvalue weighted by Gasteiger charge is 2.20. The number of carbonyl (C=O) groups excluding carboxylic acids is 2. The lowest BCUT2D eigenvalue weighted by atomic mass is 10.2. The molecule has 1 fully saturated rings. The third-order valence-corrected chi connectivity index (χ3v) is 3.94. The number of benzene rings is 1. The first kappa shape index (κ1) is 17.3. The second-order valence-corrected chi connectivity index (χ2v) is 5.87. The number of carbonyl (C=O) groups is 2. The summed E-state index contributed by atoms with van der Waals surface area (Å²) in [7, 11) is 0. The van der Waals surface area contributed by atoms with Crippen LogP contribution in [0.15, 0.2) is 24.3 Å². The quantitative estimate of drug-likeness (QED) is 0.877. The lowest BCUT2D eigenvalue weighted by Crippen LogP contribution is -2.50. The Kier molecular flexibility index (Phi) is 6.40. The topological polar surface area (TPSA) is 64.7 Å². The number of rotatable bonds is 5. The summed E-state index contributed by atoms with van der Waals surface area (Å²) in [5.41, 5.74) is 1.46. The van der Waals surface area contributed by atoms with Gasteiger partial charge in [-0.25, -0.2) is 4.79 Å². The van der Waals surface area contributed by atoms with E-state index in [1.165, 1.54) is 19.8 Å². The predicted molar refractivity (Wildman–Crippen MR) is 92.7 cm³/mol. The van der Waals surface area contributed by atoms with Crippen LogP contribution >= 0.6 is 0 Å². The summed E-state index contributed by atoms with van der Waals surface area (Å²) < 4.78 is 0. The summed E-state index contributed by atoms with van der Waals surface area (Å²) in [5, 5.41) is 5.61. The third kappa shape index (κ3) is 5.56. The Bertz CT molecular complexity index is 522. The number of hydrogen-bond donors (Lipinski definition) is 2. The summed E-state index contributed by atoms with van der Waals surface area (Å²) >= 11 is 0. The minimum Gasteiger partial charge on any atom is -0.326 e. The zero-order valence-corrected chi connectivity index (χ0v) is 14.0. The van der Waals surface area contributed by atoms with Gasteiger partial charge in [-0.05, 0) is 37.2 Å². The van der Waals surface area contributed by atoms with E-state index >= 15 is 0 Å². The summed E-state index contributed by atoms with van der Waals surface area (Å²) in [4.78, 5) is 27.5. The molecule has 2 N–H and O–H groups in total. The Hall–Kier alpha value is -2.08. The fourth-order valence-corrected chi connectivity index (χ4v) is 2.60. The average Bonchev–Trinajstić information content (AvgIpc) is 2.54. The van der Waals surface area contributed by atoms with E-state index in [-0.39, 0.29) is 11.9 Å². The minimum absolute atomic E-state index is 0.0626. The predicted octanol–water partition coefficient (Wildman–Crippen LogP) is 2.59. The molecule has 0 aliphatic carbocycles. The van der Waals surface area contributed by atoms with Crippen molar-refractivity contribution in [1.82, 2.24) is 9.80 Å². The number of anilines is 2. The summed E-state index contributed by atoms with van der Waals surface area (Å²) in [6.07, 6.45) is 2.42. The fourth-order valence-electron chi connectivity index (χ4n) is 2.60. The SMILES string of the molecule is CCCCN1CCN(C(=O)Nc2ccc(NC(C)=O)cc2)CC1. The molecule has 0 unspecified atom stereocenters. The van der Waals surface area contributed by atoms with Crippen LogP contribution in [-0.2, 0) is 4.79 Å². The highest BCUT2D eigenvalue weighted by atomic mass is 16.2. The Labute approximate surface area is 137 Å². The first-order chi connectivity index (χ1) is 11.1. The van der Waals surface area contributed by atoms with Crippen LogP contribution in [0.3, 0.4) is 0 Å². The van der Waals surface area contributed by atoms with E-state index in [9.17, 15) is 9.59 Å². The van der Waals surface area contributed by atoms with E-state index in [1.54, 1.807) is 24.3 Å². The molecule has 0 bridgehead atoms. The number of nitrogens with one attached hydrogen (secondary N) is 2. The number of amides is 3. The molecule has 1 heterocycles. The van der Waals surface area contributed by atoms with Crippen molar-refractivity contribution in [3.8, 4) is 0 Å². The van der Waals surface area contributed by atoms with Crippen molar-refractivity contribution in [1.29, 1.82) is 0 Å². The van der Waals surface area contributed by atoms with Gasteiger partial charge in [0.25, 0.3) is 0 Å². The van der Waals surface area contributed by atoms with Crippen molar-refractivity contribution in [2.24, 2.45) is 0 Å². The molecular weight excluding hydrogens is 292 g/mol. The van der Waals surface area contributed by atoms with Gasteiger partial charge in [0.05, 0.1) is 0 Å². The van der Waals surface area contributed by atoms with Crippen molar-refractivity contribution in [2.45, 2.75) is 26.7 Å². The van der Waals surface area contributed by atoms with Crippen molar-refractivity contribution in [2.75, 3.05) is 43.4 Å². The summed E-state index contributed by atoms with van der Waals surface area (Å²) in [6.45, 7) is 8.19. The molecule has 1 aliphatic heterocycles. The lowest BCUT2D eigenvalue weighted by Gasteiger charge is -2.34. The molecule has 0 saturated carbocycles. The molecule has 1 aromatic rings. The fraction of sp³-hybridized carbons (Fsp3) is 0.529. The van der Waals surface area contributed by atoms with Gasteiger partial charge in [-0.2, -0.15) is 0 Å². The van der Waals surface area contributed by atoms with E-state index in [0.29, 0.717) is 0 Å². The highest BCUT2D eigenvalue weighted by molar-refractivity contribution is 5.91. The smallest absolute Gasteiger partial charge is 0.321 e. The van der Waals surface area contributed by atoms with Crippen LogP contribution in [0, 0.1) is 0 Å². The van der Waals surface area contributed by atoms with Crippen LogP contribution in [0.5, 0.6) is 0 Å². The molecule has 0 aromatic heterocycles. The summed E-state index contributed by atoms with van der Waals surface area (Å²) in [6, 6.07) is 7.08. The van der Waals surface area contributed by atoms with E-state index in [0.717, 1.165) is 44.1 Å². The van der Waals surface area contributed by atoms with Gasteiger partial charge < -0.3 is 15.5 Å². The molecule has 2 rings (SSSR count). The van der Waals surface area contributed by atoms with Crippen LogP contribution < -0.4 is 10.6 Å². The maximum absolute atomic E-state index is 12.3. The molecule has 23 heavy (non-hydrogen) atoms. The number of piperazine rings is 1. The van der Waals surface area contributed by atoms with Gasteiger partial charge in [-0.1, -0.05) is 13.3 Å². The van der Waals surface area contributed by atoms with Gasteiger partial charge in [0, 0.05) is 44.5 Å². The molecule has 126 valence electrons. The number of nitrogens with zero attached hydrogens (tertiary/aromatic N) is 2. The Morgan fingerprint density at radius 3 is 2.09 bits per heavy atom. The zero-order valence-electron chi connectivity index (χ0n) is 14.0. The molecule has 1 aliphatic rings. The third-order valence-electron chi connectivity index (χ3n) is 3.94. The maximum Gasteiger partial charge on any atom is 0.321 e. The number of urea groups is 1. The minimum atomic E-state index is -0.109. The largest absolute Gasteiger partial charge is 0.326 e. The van der Waals surface area contributed by atoms with Crippen LogP contribution in [0.4, 0.5) is 16.2 Å². The van der Waals surface area contributed by atoms with Crippen LogP contribution in [0.25, 0.3) is 0 Å². The highest BCUT2D eigenvalue weighted by Crippen LogP contribution is 2.14. The van der Waals surface area contributed by atoms with E-state index in [1.807, 2.05) is 4.90 Å². The summed E-state index contributed by atoms with van der Waals surface area (Å²) in [5.74, 6) is -0.109. The van der Waals surface area contributed by atoms with Gasteiger partial charge in [-0.15, -0.1) is 0 Å². The van der Waals surface area contributed by atoms with E-state index in [4.69, 9.17) is 0 Å². The molecule has 1 saturated heterocycles. The van der Waals surface area contributed by atoms with E-state index < -0.39 is 0 Å². The molecule has 3 amide bonds. The standard InChI is InChI=1S/C17H26N4O2/c1-3-4-9-20-10-12-21(13-11-20)17(23)19-16-7-5-15(6-8-16)18-14(2)22/h5-8H,3-4,9-13H2,1-2H3,(H,18,22)(H,19,23). The second-order valence-electron chi connectivity index (χ2n) is 5.87. The Morgan fingerprint density at radius 1 is 1.00 bits per heavy atom. The van der Waals surface area contributed by atoms with Crippen molar-refractivity contribution >= 4 is 23.3 Å². The van der Waals surface area contributed by atoms with Crippen molar-refractivity contribution in [3.05, 3.63) is 24.3 Å². The van der Waals surface area contributed by atoms with Gasteiger partial charge in [0.2, 0.25) is 5.91 Å². The zero-order chi connectivity index (χ0) is 16.7. The van der Waals surface area contributed by atoms with Crippen LogP contribution in [-0.4, -0.2) is 54.5 Å². The molecule has 6 nitrogen and oxygen atoms in total. The first-order valence-electron chi connectivity index (χ1n) is 8.24. The average molecular weight is 318 g/mol. The molecular formula is C17H26N4O2. The normalized spacial score (nSPS) is 15.3. The van der Waals surface area contributed by atoms with E-state index in [2.05, 4.69) is 22.5 Å². The Balaban J connectivity index is 1.79. The van der Waals surface area contributed by atoms with Gasteiger partial charge in [0.1, 0.15) is 0 Å². The lowest BCUT2D eigenvalue weighted by molar-refractivity contribution is -0.114. The molecule has 6 heteroatoms. The number of hydrogen-bond acceptors (Lipinski definition) is 3. The maximum atomic E-state index is 12.3. The van der Waals surface area contributed by atoms with Gasteiger partial charge in [-0.3, -0.25) is 9.69 Å². The Morgan fingerprint density at radius 2 is 1.57 bits per heavy atom. The van der Waals surface area contributed by atoms with Crippen molar-refractivity contribution < 1.29 is 9.59 Å². The second kappa shape index (κ2) is 8.53. The van der Waals surface area contributed by atoms with Gasteiger partial charge in [0.15, 0.2) is 0 Å². The molecule has 0 spiro atoms.